The van der Waals surface area contributed by atoms with E-state index in [2.05, 4.69) is 0 Å². The minimum absolute atomic E-state index is 0.0186. The number of esters is 1. The van der Waals surface area contributed by atoms with Crippen molar-refractivity contribution in [1.82, 2.24) is 4.90 Å². The molecule has 0 aromatic heterocycles. The van der Waals surface area contributed by atoms with Crippen LogP contribution >= 0.6 is 11.6 Å². The number of benzene rings is 1. The van der Waals surface area contributed by atoms with Crippen molar-refractivity contribution in [2.75, 3.05) is 31.2 Å². The number of carbonyl (C=O) groups is 3. The third-order valence-corrected chi connectivity index (χ3v) is 8.27. The summed E-state index contributed by atoms with van der Waals surface area (Å²) in [5.74, 6) is -2.88. The van der Waals surface area contributed by atoms with Crippen molar-refractivity contribution in [3.63, 3.8) is 0 Å². The Morgan fingerprint density at radius 3 is 2.64 bits per heavy atom. The highest BCUT2D eigenvalue weighted by molar-refractivity contribution is 6.34. The Bertz CT molecular complexity index is 1130. The van der Waals surface area contributed by atoms with E-state index in [0.717, 1.165) is 5.56 Å². The Balaban J connectivity index is 1.66. The number of aliphatic hydroxyl groups excluding tert-OH is 1. The van der Waals surface area contributed by atoms with E-state index in [-0.39, 0.29) is 38.1 Å². The molecule has 0 bridgehead atoms. The van der Waals surface area contributed by atoms with Crippen LogP contribution in [0.2, 0.25) is 5.02 Å². The Morgan fingerprint density at radius 1 is 1.11 bits per heavy atom. The molecule has 5 rings (SSSR count). The SMILES string of the molecule is CC[C@]12C=CCOC(=O)[C@H]1[C@H]1C(=O)N(CCCCO)C3C(=O)N(c4c(C)cccc4Cl)CC=C[C@@]31O2. The summed E-state index contributed by atoms with van der Waals surface area (Å²) in [4.78, 5) is 44.8. The smallest absolute Gasteiger partial charge is 0.313 e. The van der Waals surface area contributed by atoms with E-state index in [4.69, 9.17) is 21.1 Å². The topological polar surface area (TPSA) is 96.4 Å². The molecule has 0 radical (unpaired) electrons. The van der Waals surface area contributed by atoms with Crippen LogP contribution in [-0.2, 0) is 23.9 Å². The molecule has 2 amide bonds. The van der Waals surface area contributed by atoms with E-state index in [9.17, 15) is 19.5 Å². The number of anilines is 1. The number of carbonyl (C=O) groups excluding carboxylic acids is 3. The lowest BCUT2D eigenvalue weighted by molar-refractivity contribution is -0.157. The largest absolute Gasteiger partial charge is 0.461 e. The van der Waals surface area contributed by atoms with E-state index >= 15 is 0 Å². The number of hydrogen-bond acceptors (Lipinski definition) is 6. The monoisotopic (exact) mass is 514 g/mol. The number of aliphatic hydroxyl groups is 1. The van der Waals surface area contributed by atoms with Gasteiger partial charge in [0.2, 0.25) is 5.91 Å². The standard InChI is InChI=1S/C27H31ClN2O6/c1-3-26-11-8-16-35-25(34)20(26)19-23(32)30(13-4-5-15-31)22-24(33)29(14-7-12-27(19,22)36-26)21-17(2)9-6-10-18(21)28/h6-12,19-20,22,31H,3-5,13-16H2,1-2H3/t19-,20+,22?,26-,27-/m0/s1. The summed E-state index contributed by atoms with van der Waals surface area (Å²) in [6, 6.07) is 4.46. The maximum Gasteiger partial charge on any atom is 0.313 e. The Labute approximate surface area is 215 Å². The lowest BCUT2D eigenvalue weighted by Gasteiger charge is -2.38. The molecule has 36 heavy (non-hydrogen) atoms. The second kappa shape index (κ2) is 9.32. The molecule has 2 fully saturated rings. The molecule has 1 aromatic rings. The van der Waals surface area contributed by atoms with Gasteiger partial charge in [0.05, 0.1) is 16.6 Å². The van der Waals surface area contributed by atoms with E-state index in [1.54, 1.807) is 21.9 Å². The number of nitrogens with zero attached hydrogens (tertiary/aromatic N) is 2. The van der Waals surface area contributed by atoms with Crippen molar-refractivity contribution >= 4 is 35.1 Å². The lowest BCUT2D eigenvalue weighted by Crippen LogP contribution is -2.56. The molecule has 8 nitrogen and oxygen atoms in total. The molecule has 4 aliphatic rings. The molecule has 0 saturated carbocycles. The highest BCUT2D eigenvalue weighted by atomic mass is 35.5. The average Bonchev–Trinajstić information content (AvgIpc) is 3.12. The first kappa shape index (κ1) is 25.0. The number of para-hydroxylation sites is 1. The van der Waals surface area contributed by atoms with Gasteiger partial charge in [0.1, 0.15) is 29.8 Å². The maximum atomic E-state index is 14.4. The number of likely N-dealkylation sites (tertiary alicyclic amines) is 1. The minimum Gasteiger partial charge on any atom is -0.461 e. The van der Waals surface area contributed by atoms with Gasteiger partial charge in [0.15, 0.2) is 0 Å². The summed E-state index contributed by atoms with van der Waals surface area (Å²) in [6.45, 7) is 4.41. The first-order valence-electron chi connectivity index (χ1n) is 12.5. The summed E-state index contributed by atoms with van der Waals surface area (Å²) in [6.07, 6.45) is 8.66. The number of rotatable bonds is 6. The van der Waals surface area contributed by atoms with Gasteiger partial charge in [-0.3, -0.25) is 14.4 Å². The summed E-state index contributed by atoms with van der Waals surface area (Å²) in [7, 11) is 0. The second-order valence-electron chi connectivity index (χ2n) is 9.87. The Kier molecular flexibility index (Phi) is 6.47. The van der Waals surface area contributed by atoms with Gasteiger partial charge >= 0.3 is 5.97 Å². The van der Waals surface area contributed by atoms with Crippen LogP contribution in [0.25, 0.3) is 0 Å². The molecule has 1 N–H and O–H groups in total. The first-order chi connectivity index (χ1) is 17.3. The lowest BCUT2D eigenvalue weighted by atomic mass is 9.73. The van der Waals surface area contributed by atoms with Gasteiger partial charge in [-0.1, -0.05) is 48.9 Å². The van der Waals surface area contributed by atoms with Crippen LogP contribution in [-0.4, -0.2) is 71.3 Å². The van der Waals surface area contributed by atoms with Crippen molar-refractivity contribution in [3.05, 3.63) is 53.1 Å². The third kappa shape index (κ3) is 3.53. The molecule has 1 spiro atoms. The zero-order valence-corrected chi connectivity index (χ0v) is 21.2. The van der Waals surface area contributed by atoms with Crippen molar-refractivity contribution in [2.45, 2.75) is 50.4 Å². The molecule has 9 heteroatoms. The number of cyclic esters (lactones) is 1. The molecule has 4 heterocycles. The van der Waals surface area contributed by atoms with Crippen LogP contribution in [0.15, 0.2) is 42.5 Å². The van der Waals surface area contributed by atoms with Crippen molar-refractivity contribution in [2.24, 2.45) is 11.8 Å². The average molecular weight is 515 g/mol. The van der Waals surface area contributed by atoms with E-state index in [1.165, 1.54) is 0 Å². The van der Waals surface area contributed by atoms with Gasteiger partial charge in [-0.15, -0.1) is 0 Å². The van der Waals surface area contributed by atoms with Gasteiger partial charge in [-0.05, 0) is 43.9 Å². The Morgan fingerprint density at radius 2 is 1.92 bits per heavy atom. The van der Waals surface area contributed by atoms with Gasteiger partial charge in [0, 0.05) is 19.7 Å². The first-order valence-corrected chi connectivity index (χ1v) is 12.9. The third-order valence-electron chi connectivity index (χ3n) is 7.96. The van der Waals surface area contributed by atoms with Crippen molar-refractivity contribution in [3.8, 4) is 0 Å². The van der Waals surface area contributed by atoms with Crippen LogP contribution in [0.3, 0.4) is 0 Å². The van der Waals surface area contributed by atoms with Gasteiger partial charge in [-0.25, -0.2) is 0 Å². The van der Waals surface area contributed by atoms with Crippen molar-refractivity contribution < 1.29 is 29.0 Å². The van der Waals surface area contributed by atoms with Crippen LogP contribution < -0.4 is 4.90 Å². The number of halogens is 1. The second-order valence-corrected chi connectivity index (χ2v) is 10.3. The minimum atomic E-state index is -1.33. The number of ether oxygens (including phenoxy) is 2. The fourth-order valence-electron chi connectivity index (χ4n) is 6.40. The number of aryl methyl sites for hydroxylation is 1. The van der Waals surface area contributed by atoms with Crippen molar-refractivity contribution in [1.29, 1.82) is 0 Å². The molecular weight excluding hydrogens is 484 g/mol. The molecule has 0 aliphatic carbocycles. The fourth-order valence-corrected chi connectivity index (χ4v) is 6.72. The zero-order chi connectivity index (χ0) is 25.7. The molecular formula is C27H31ClN2O6. The summed E-state index contributed by atoms with van der Waals surface area (Å²) >= 11 is 6.55. The predicted octanol–water partition coefficient (Wildman–Crippen LogP) is 2.80. The Hall–Kier alpha value is -2.68. The van der Waals surface area contributed by atoms with Crippen LogP contribution in [0.4, 0.5) is 5.69 Å². The number of unbranched alkanes of at least 4 members (excludes halogenated alkanes) is 1. The summed E-state index contributed by atoms with van der Waals surface area (Å²) < 4.78 is 12.2. The number of hydrogen-bond donors (Lipinski definition) is 1. The molecule has 1 aromatic carbocycles. The van der Waals surface area contributed by atoms with Gasteiger partial charge < -0.3 is 24.4 Å². The summed E-state index contributed by atoms with van der Waals surface area (Å²) in [5, 5.41) is 9.77. The molecule has 192 valence electrons. The highest BCUT2D eigenvalue weighted by Gasteiger charge is 2.75. The van der Waals surface area contributed by atoms with E-state index in [0.29, 0.717) is 30.0 Å². The molecule has 2 saturated heterocycles. The maximum absolute atomic E-state index is 14.4. The highest BCUT2D eigenvalue weighted by Crippen LogP contribution is 2.58. The summed E-state index contributed by atoms with van der Waals surface area (Å²) in [5.41, 5.74) is -0.960. The van der Waals surface area contributed by atoms with Crippen LogP contribution in [0, 0.1) is 18.8 Å². The van der Waals surface area contributed by atoms with Crippen LogP contribution in [0.5, 0.6) is 0 Å². The zero-order valence-electron chi connectivity index (χ0n) is 20.5. The van der Waals surface area contributed by atoms with E-state index in [1.807, 2.05) is 44.2 Å². The fraction of sp³-hybridized carbons (Fsp3) is 0.519. The molecule has 4 aliphatic heterocycles. The molecule has 1 unspecified atom stereocenters. The quantitative estimate of drug-likeness (QED) is 0.356. The predicted molar refractivity (Wildman–Crippen MR) is 133 cm³/mol. The number of fused-ring (bicyclic) bond motifs is 2. The number of amides is 2. The van der Waals surface area contributed by atoms with Gasteiger partial charge in [0.25, 0.3) is 5.91 Å². The normalized spacial score (nSPS) is 33.2. The molecule has 5 atom stereocenters. The van der Waals surface area contributed by atoms with Crippen LogP contribution in [0.1, 0.15) is 31.7 Å². The van der Waals surface area contributed by atoms with E-state index < -0.39 is 35.0 Å². The van der Waals surface area contributed by atoms with Gasteiger partial charge in [-0.2, -0.15) is 0 Å².